The Kier molecular flexibility index (Phi) is 3.19. The van der Waals surface area contributed by atoms with E-state index in [2.05, 4.69) is 41.3 Å². The molecule has 3 aromatic heterocycles. The van der Waals surface area contributed by atoms with Crippen molar-refractivity contribution in [1.82, 2.24) is 24.4 Å². The van der Waals surface area contributed by atoms with Gasteiger partial charge in [0.15, 0.2) is 5.65 Å². The van der Waals surface area contributed by atoms with Crippen molar-refractivity contribution in [3.8, 4) is 11.3 Å². The minimum Gasteiger partial charge on any atom is -0.275 e. The van der Waals surface area contributed by atoms with E-state index in [1.54, 1.807) is 4.68 Å². The predicted octanol–water partition coefficient (Wildman–Crippen LogP) is 3.03. The SMILES string of the molecule is Cc1cccc(Cc2ccc3ncc(-c4cnn(C)c4)n3n2)c1. The summed E-state index contributed by atoms with van der Waals surface area (Å²) in [4.78, 5) is 4.43. The first kappa shape index (κ1) is 13.7. The molecule has 0 saturated heterocycles. The summed E-state index contributed by atoms with van der Waals surface area (Å²) in [5.74, 6) is 0. The third kappa shape index (κ3) is 2.61. The number of imidazole rings is 1. The van der Waals surface area contributed by atoms with E-state index in [4.69, 9.17) is 5.10 Å². The van der Waals surface area contributed by atoms with Gasteiger partial charge in [0.2, 0.25) is 0 Å². The Hall–Kier alpha value is -2.95. The molecule has 0 unspecified atom stereocenters. The van der Waals surface area contributed by atoms with Crippen LogP contribution in [0.3, 0.4) is 0 Å². The maximum absolute atomic E-state index is 4.76. The van der Waals surface area contributed by atoms with E-state index >= 15 is 0 Å². The summed E-state index contributed by atoms with van der Waals surface area (Å²) in [5, 5.41) is 8.99. The van der Waals surface area contributed by atoms with Crippen LogP contribution < -0.4 is 0 Å². The minimum atomic E-state index is 0.808. The molecule has 5 heteroatoms. The van der Waals surface area contributed by atoms with E-state index in [0.717, 1.165) is 29.0 Å². The van der Waals surface area contributed by atoms with Crippen molar-refractivity contribution >= 4 is 5.65 Å². The molecule has 0 saturated carbocycles. The Balaban J connectivity index is 1.75. The monoisotopic (exact) mass is 303 g/mol. The highest BCUT2D eigenvalue weighted by atomic mass is 15.3. The van der Waals surface area contributed by atoms with Crippen LogP contribution in [0.4, 0.5) is 0 Å². The molecule has 0 spiro atoms. The van der Waals surface area contributed by atoms with Gasteiger partial charge in [-0.25, -0.2) is 9.50 Å². The molecule has 3 heterocycles. The quantitative estimate of drug-likeness (QED) is 0.584. The zero-order chi connectivity index (χ0) is 15.8. The molecular formula is C18H17N5. The lowest BCUT2D eigenvalue weighted by molar-refractivity contribution is 0.768. The summed E-state index contributed by atoms with van der Waals surface area (Å²) in [6.45, 7) is 2.11. The highest BCUT2D eigenvalue weighted by Gasteiger charge is 2.10. The lowest BCUT2D eigenvalue weighted by Crippen LogP contribution is -2.00. The fourth-order valence-corrected chi connectivity index (χ4v) is 2.79. The molecule has 0 bridgehead atoms. The number of nitrogens with zero attached hydrogens (tertiary/aromatic N) is 5. The summed E-state index contributed by atoms with van der Waals surface area (Å²) in [6.07, 6.45) is 6.45. The van der Waals surface area contributed by atoms with E-state index in [0.29, 0.717) is 0 Å². The van der Waals surface area contributed by atoms with Gasteiger partial charge in [-0.05, 0) is 24.6 Å². The van der Waals surface area contributed by atoms with Crippen LogP contribution in [-0.2, 0) is 13.5 Å². The molecule has 0 aliphatic carbocycles. The zero-order valence-corrected chi connectivity index (χ0v) is 13.1. The lowest BCUT2D eigenvalue weighted by Gasteiger charge is -2.04. The summed E-state index contributed by atoms with van der Waals surface area (Å²) in [5.41, 5.74) is 6.37. The maximum Gasteiger partial charge on any atom is 0.154 e. The second kappa shape index (κ2) is 5.35. The molecule has 4 rings (SSSR count). The molecule has 0 fully saturated rings. The van der Waals surface area contributed by atoms with Crippen molar-refractivity contribution in [3.05, 3.63) is 71.8 Å². The molecule has 0 N–H and O–H groups in total. The Bertz CT molecular complexity index is 980. The van der Waals surface area contributed by atoms with Gasteiger partial charge in [-0.1, -0.05) is 29.8 Å². The average molecular weight is 303 g/mol. The molecule has 1 aromatic carbocycles. The van der Waals surface area contributed by atoms with Crippen molar-refractivity contribution in [2.45, 2.75) is 13.3 Å². The molecule has 0 radical (unpaired) electrons. The van der Waals surface area contributed by atoms with E-state index in [1.165, 1.54) is 11.1 Å². The van der Waals surface area contributed by atoms with Gasteiger partial charge < -0.3 is 0 Å². The van der Waals surface area contributed by atoms with Crippen molar-refractivity contribution < 1.29 is 0 Å². The highest BCUT2D eigenvalue weighted by Crippen LogP contribution is 2.19. The van der Waals surface area contributed by atoms with Crippen LogP contribution in [0, 0.1) is 6.92 Å². The van der Waals surface area contributed by atoms with Gasteiger partial charge in [-0.2, -0.15) is 10.2 Å². The molecule has 114 valence electrons. The second-order valence-corrected chi connectivity index (χ2v) is 5.81. The van der Waals surface area contributed by atoms with Gasteiger partial charge >= 0.3 is 0 Å². The van der Waals surface area contributed by atoms with Gasteiger partial charge in [0.1, 0.15) is 0 Å². The molecule has 0 amide bonds. The first-order valence-electron chi connectivity index (χ1n) is 7.57. The molecule has 0 aliphatic heterocycles. The summed E-state index contributed by atoms with van der Waals surface area (Å²) >= 11 is 0. The van der Waals surface area contributed by atoms with E-state index in [-0.39, 0.29) is 0 Å². The van der Waals surface area contributed by atoms with Gasteiger partial charge in [-0.15, -0.1) is 0 Å². The lowest BCUT2D eigenvalue weighted by atomic mass is 10.1. The van der Waals surface area contributed by atoms with Gasteiger partial charge in [0.25, 0.3) is 0 Å². The normalized spacial score (nSPS) is 11.2. The minimum absolute atomic E-state index is 0.808. The Labute approximate surface area is 134 Å². The third-order valence-corrected chi connectivity index (χ3v) is 3.89. The average Bonchev–Trinajstić information content (AvgIpc) is 3.13. The predicted molar refractivity (Wildman–Crippen MR) is 89.2 cm³/mol. The second-order valence-electron chi connectivity index (χ2n) is 5.81. The first-order valence-corrected chi connectivity index (χ1v) is 7.57. The smallest absolute Gasteiger partial charge is 0.154 e. The van der Waals surface area contributed by atoms with Gasteiger partial charge in [-0.3, -0.25) is 4.68 Å². The van der Waals surface area contributed by atoms with E-state index in [1.807, 2.05) is 42.3 Å². The fourth-order valence-electron chi connectivity index (χ4n) is 2.79. The molecule has 23 heavy (non-hydrogen) atoms. The van der Waals surface area contributed by atoms with Gasteiger partial charge in [0.05, 0.1) is 23.8 Å². The topological polar surface area (TPSA) is 48.0 Å². The van der Waals surface area contributed by atoms with Crippen molar-refractivity contribution in [1.29, 1.82) is 0 Å². The largest absolute Gasteiger partial charge is 0.275 e. The molecular weight excluding hydrogens is 286 g/mol. The molecule has 0 atom stereocenters. The number of hydrogen-bond acceptors (Lipinski definition) is 3. The fraction of sp³-hybridized carbons (Fsp3) is 0.167. The Morgan fingerprint density at radius 1 is 1.09 bits per heavy atom. The molecule has 5 nitrogen and oxygen atoms in total. The zero-order valence-electron chi connectivity index (χ0n) is 13.1. The number of aryl methyl sites for hydroxylation is 2. The van der Waals surface area contributed by atoms with Crippen molar-refractivity contribution in [2.75, 3.05) is 0 Å². The number of benzene rings is 1. The van der Waals surface area contributed by atoms with Crippen LogP contribution in [0.25, 0.3) is 16.9 Å². The summed E-state index contributed by atoms with van der Waals surface area (Å²) in [7, 11) is 1.91. The number of fused-ring (bicyclic) bond motifs is 1. The number of rotatable bonds is 3. The van der Waals surface area contributed by atoms with Crippen LogP contribution in [0.1, 0.15) is 16.8 Å². The summed E-state index contributed by atoms with van der Waals surface area (Å²) in [6, 6.07) is 12.6. The molecule has 4 aromatic rings. The highest BCUT2D eigenvalue weighted by molar-refractivity contribution is 5.61. The first-order chi connectivity index (χ1) is 11.2. The standard InChI is InChI=1S/C18H17N5/c1-13-4-3-5-14(8-13)9-16-6-7-18-19-11-17(23(18)21-16)15-10-20-22(2)12-15/h3-8,10-12H,9H2,1-2H3. The van der Waals surface area contributed by atoms with Crippen molar-refractivity contribution in [2.24, 2.45) is 7.05 Å². The third-order valence-electron chi connectivity index (χ3n) is 3.89. The van der Waals surface area contributed by atoms with Crippen LogP contribution in [0.15, 0.2) is 55.0 Å². The summed E-state index contributed by atoms with van der Waals surface area (Å²) < 4.78 is 3.67. The Morgan fingerprint density at radius 2 is 2.00 bits per heavy atom. The van der Waals surface area contributed by atoms with Crippen LogP contribution >= 0.6 is 0 Å². The number of hydrogen-bond donors (Lipinski definition) is 0. The van der Waals surface area contributed by atoms with Crippen LogP contribution in [0.2, 0.25) is 0 Å². The van der Waals surface area contributed by atoms with Gasteiger partial charge in [0, 0.05) is 25.2 Å². The Morgan fingerprint density at radius 3 is 2.78 bits per heavy atom. The van der Waals surface area contributed by atoms with Crippen molar-refractivity contribution in [3.63, 3.8) is 0 Å². The van der Waals surface area contributed by atoms with E-state index < -0.39 is 0 Å². The maximum atomic E-state index is 4.76. The van der Waals surface area contributed by atoms with Crippen LogP contribution in [-0.4, -0.2) is 24.4 Å². The van der Waals surface area contributed by atoms with Crippen LogP contribution in [0.5, 0.6) is 0 Å². The molecule has 0 aliphatic rings. The van der Waals surface area contributed by atoms with E-state index in [9.17, 15) is 0 Å². The number of aromatic nitrogens is 5.